The monoisotopic (exact) mass is 440 g/mol. The molecule has 0 saturated heterocycles. The number of rotatable bonds is 7. The zero-order valence-electron chi connectivity index (χ0n) is 14.2. The summed E-state index contributed by atoms with van der Waals surface area (Å²) in [5.74, 6) is 0.748. The number of aromatic nitrogens is 1. The van der Waals surface area contributed by atoms with Crippen LogP contribution >= 0.6 is 24.0 Å². The molecule has 0 aliphatic carbocycles. The van der Waals surface area contributed by atoms with Crippen molar-refractivity contribution in [2.45, 2.75) is 20.1 Å². The van der Waals surface area contributed by atoms with Crippen molar-refractivity contribution in [2.24, 2.45) is 4.99 Å². The standard InChI is InChI=1S/C18H24N4O.HI/c1-15-7-6-10-20-17(15)13-22-18(19-2)21-11-12-23-14-16-8-4-3-5-9-16;/h3-10H,11-14H2,1-2H3,(H2,19,21,22);1H. The van der Waals surface area contributed by atoms with Gasteiger partial charge in [0.1, 0.15) is 0 Å². The normalized spacial score (nSPS) is 10.8. The van der Waals surface area contributed by atoms with Crippen LogP contribution in [0.4, 0.5) is 0 Å². The van der Waals surface area contributed by atoms with E-state index in [1.165, 1.54) is 11.1 Å². The Labute approximate surface area is 161 Å². The molecule has 1 aromatic heterocycles. The maximum absolute atomic E-state index is 5.64. The first-order valence-corrected chi connectivity index (χ1v) is 7.76. The Hall–Kier alpha value is -1.67. The number of ether oxygens (including phenoxy) is 1. The molecule has 0 bridgehead atoms. The third-order valence-corrected chi connectivity index (χ3v) is 3.42. The van der Waals surface area contributed by atoms with E-state index >= 15 is 0 Å². The fourth-order valence-corrected chi connectivity index (χ4v) is 2.10. The van der Waals surface area contributed by atoms with Crippen LogP contribution in [0.25, 0.3) is 0 Å². The van der Waals surface area contributed by atoms with Gasteiger partial charge in [0.25, 0.3) is 0 Å². The zero-order valence-corrected chi connectivity index (χ0v) is 16.5. The van der Waals surface area contributed by atoms with Gasteiger partial charge in [0.05, 0.1) is 25.5 Å². The quantitative estimate of drug-likeness (QED) is 0.301. The van der Waals surface area contributed by atoms with Gasteiger partial charge in [-0.1, -0.05) is 36.4 Å². The van der Waals surface area contributed by atoms with Crippen LogP contribution in [0, 0.1) is 6.92 Å². The number of aliphatic imine (C=N–C) groups is 1. The highest BCUT2D eigenvalue weighted by Gasteiger charge is 2.01. The van der Waals surface area contributed by atoms with E-state index in [1.807, 2.05) is 24.3 Å². The van der Waals surface area contributed by atoms with Crippen molar-refractivity contribution < 1.29 is 4.74 Å². The van der Waals surface area contributed by atoms with E-state index in [2.05, 4.69) is 45.7 Å². The van der Waals surface area contributed by atoms with Gasteiger partial charge < -0.3 is 15.4 Å². The van der Waals surface area contributed by atoms with Crippen molar-refractivity contribution in [3.05, 3.63) is 65.5 Å². The van der Waals surface area contributed by atoms with Crippen LogP contribution in [-0.4, -0.2) is 31.1 Å². The van der Waals surface area contributed by atoms with Gasteiger partial charge in [-0.05, 0) is 24.1 Å². The lowest BCUT2D eigenvalue weighted by Crippen LogP contribution is -2.38. The summed E-state index contributed by atoms with van der Waals surface area (Å²) in [5.41, 5.74) is 3.37. The Kier molecular flexibility index (Phi) is 10.0. The predicted octanol–water partition coefficient (Wildman–Crippen LogP) is 2.89. The smallest absolute Gasteiger partial charge is 0.191 e. The molecule has 2 rings (SSSR count). The number of benzene rings is 1. The van der Waals surface area contributed by atoms with Gasteiger partial charge in [-0.2, -0.15) is 0 Å². The third-order valence-electron chi connectivity index (χ3n) is 3.42. The summed E-state index contributed by atoms with van der Waals surface area (Å²) in [6.45, 7) is 4.66. The second kappa shape index (κ2) is 11.8. The fourth-order valence-electron chi connectivity index (χ4n) is 2.10. The lowest BCUT2D eigenvalue weighted by molar-refractivity contribution is 0.125. The Morgan fingerprint density at radius 2 is 1.92 bits per heavy atom. The highest BCUT2D eigenvalue weighted by molar-refractivity contribution is 14.0. The lowest BCUT2D eigenvalue weighted by atomic mass is 10.2. The Balaban J connectivity index is 0.00000288. The van der Waals surface area contributed by atoms with E-state index in [-0.39, 0.29) is 24.0 Å². The first kappa shape index (κ1) is 20.4. The van der Waals surface area contributed by atoms with Gasteiger partial charge in [-0.3, -0.25) is 9.98 Å². The molecule has 0 radical (unpaired) electrons. The molecule has 2 aromatic rings. The van der Waals surface area contributed by atoms with Gasteiger partial charge >= 0.3 is 0 Å². The number of pyridine rings is 1. The molecule has 1 heterocycles. The van der Waals surface area contributed by atoms with Crippen LogP contribution in [-0.2, 0) is 17.9 Å². The molecular formula is C18H25IN4O. The third kappa shape index (κ3) is 7.27. The van der Waals surface area contributed by atoms with Crippen LogP contribution < -0.4 is 10.6 Å². The summed E-state index contributed by atoms with van der Waals surface area (Å²) >= 11 is 0. The topological polar surface area (TPSA) is 58.5 Å². The van der Waals surface area contributed by atoms with Gasteiger partial charge in [0, 0.05) is 19.8 Å². The number of hydrogen-bond donors (Lipinski definition) is 2. The Bertz CT molecular complexity index is 619. The van der Waals surface area contributed by atoms with E-state index in [0.717, 1.165) is 11.7 Å². The van der Waals surface area contributed by atoms with E-state index in [1.54, 1.807) is 13.2 Å². The summed E-state index contributed by atoms with van der Waals surface area (Å²) in [4.78, 5) is 8.56. The number of nitrogens with one attached hydrogen (secondary N) is 2. The first-order valence-electron chi connectivity index (χ1n) is 7.76. The molecule has 0 amide bonds. The number of guanidine groups is 1. The number of hydrogen-bond acceptors (Lipinski definition) is 3. The zero-order chi connectivity index (χ0) is 16.3. The van der Waals surface area contributed by atoms with Crippen molar-refractivity contribution in [3.8, 4) is 0 Å². The summed E-state index contributed by atoms with van der Waals surface area (Å²) < 4.78 is 5.64. The maximum Gasteiger partial charge on any atom is 0.191 e. The first-order chi connectivity index (χ1) is 11.3. The second-order valence-corrected chi connectivity index (χ2v) is 5.16. The van der Waals surface area contributed by atoms with Crippen molar-refractivity contribution in [1.29, 1.82) is 0 Å². The molecule has 130 valence electrons. The molecule has 6 heteroatoms. The Morgan fingerprint density at radius 3 is 2.62 bits per heavy atom. The molecule has 5 nitrogen and oxygen atoms in total. The van der Waals surface area contributed by atoms with Crippen LogP contribution in [0.3, 0.4) is 0 Å². The van der Waals surface area contributed by atoms with Crippen molar-refractivity contribution >= 4 is 29.9 Å². The largest absolute Gasteiger partial charge is 0.375 e. The van der Waals surface area contributed by atoms with Crippen LogP contribution in [0.2, 0.25) is 0 Å². The van der Waals surface area contributed by atoms with Crippen molar-refractivity contribution in [2.75, 3.05) is 20.2 Å². The van der Waals surface area contributed by atoms with Crippen LogP contribution in [0.1, 0.15) is 16.8 Å². The van der Waals surface area contributed by atoms with Crippen LogP contribution in [0.15, 0.2) is 53.7 Å². The molecule has 0 saturated carbocycles. The molecule has 0 atom stereocenters. The molecule has 0 aliphatic rings. The lowest BCUT2D eigenvalue weighted by Gasteiger charge is -2.12. The minimum absolute atomic E-state index is 0. The SMILES string of the molecule is CN=C(NCCOCc1ccccc1)NCc1ncccc1C.I. The summed E-state index contributed by atoms with van der Waals surface area (Å²) in [5, 5.41) is 6.49. The highest BCUT2D eigenvalue weighted by atomic mass is 127. The second-order valence-electron chi connectivity index (χ2n) is 5.16. The van der Waals surface area contributed by atoms with E-state index in [4.69, 9.17) is 4.74 Å². The van der Waals surface area contributed by atoms with Gasteiger partial charge in [0.15, 0.2) is 5.96 Å². The summed E-state index contributed by atoms with van der Waals surface area (Å²) in [7, 11) is 1.76. The van der Waals surface area contributed by atoms with Crippen molar-refractivity contribution in [3.63, 3.8) is 0 Å². The molecule has 0 aliphatic heterocycles. The van der Waals surface area contributed by atoms with Crippen LogP contribution in [0.5, 0.6) is 0 Å². The van der Waals surface area contributed by atoms with Gasteiger partial charge in [-0.15, -0.1) is 24.0 Å². The average Bonchev–Trinajstić information content (AvgIpc) is 2.59. The molecule has 24 heavy (non-hydrogen) atoms. The minimum Gasteiger partial charge on any atom is -0.375 e. The van der Waals surface area contributed by atoms with E-state index < -0.39 is 0 Å². The minimum atomic E-state index is 0. The molecule has 1 aromatic carbocycles. The van der Waals surface area contributed by atoms with E-state index in [0.29, 0.717) is 26.3 Å². The molecular weight excluding hydrogens is 415 g/mol. The van der Waals surface area contributed by atoms with Gasteiger partial charge in [0.2, 0.25) is 0 Å². The predicted molar refractivity (Wildman–Crippen MR) is 109 cm³/mol. The number of halogens is 1. The highest BCUT2D eigenvalue weighted by Crippen LogP contribution is 2.02. The molecule has 0 fully saturated rings. The molecule has 0 unspecified atom stereocenters. The molecule has 2 N–H and O–H groups in total. The maximum atomic E-state index is 5.64. The average molecular weight is 440 g/mol. The number of nitrogens with zero attached hydrogens (tertiary/aromatic N) is 2. The Morgan fingerprint density at radius 1 is 1.12 bits per heavy atom. The van der Waals surface area contributed by atoms with Crippen molar-refractivity contribution in [1.82, 2.24) is 15.6 Å². The number of aryl methyl sites for hydroxylation is 1. The summed E-state index contributed by atoms with van der Waals surface area (Å²) in [6, 6.07) is 14.1. The summed E-state index contributed by atoms with van der Waals surface area (Å²) in [6.07, 6.45) is 1.80. The molecule has 0 spiro atoms. The van der Waals surface area contributed by atoms with E-state index in [9.17, 15) is 0 Å². The van der Waals surface area contributed by atoms with Gasteiger partial charge in [-0.25, -0.2) is 0 Å². The fraction of sp³-hybridized carbons (Fsp3) is 0.333.